The minimum Gasteiger partial charge on any atom is -0.360 e. The van der Waals surface area contributed by atoms with Crippen LogP contribution in [0, 0.1) is 18.7 Å². The Morgan fingerprint density at radius 2 is 2.06 bits per heavy atom. The molecule has 166 valence electrons. The maximum absolute atomic E-state index is 13.1. The Balaban J connectivity index is 1.27. The third-order valence-electron chi connectivity index (χ3n) is 4.49. The molecule has 1 aliphatic heterocycles. The van der Waals surface area contributed by atoms with Gasteiger partial charge in [-0.1, -0.05) is 28.3 Å². The highest BCUT2D eigenvalue weighted by Crippen LogP contribution is 2.29. The van der Waals surface area contributed by atoms with Crippen LogP contribution in [0.1, 0.15) is 12.2 Å². The molecule has 1 aliphatic rings. The summed E-state index contributed by atoms with van der Waals surface area (Å²) >= 11 is 2.29. The van der Waals surface area contributed by atoms with E-state index in [4.69, 9.17) is 4.52 Å². The maximum Gasteiger partial charge on any atom is 0.236 e. The molecule has 0 bridgehead atoms. The minimum absolute atomic E-state index is 0.0469. The van der Waals surface area contributed by atoms with Gasteiger partial charge >= 0.3 is 0 Å². The Hall–Kier alpha value is -3.32. The number of aromatic nitrogens is 3. The first-order chi connectivity index (χ1) is 15.4. The Labute approximate surface area is 189 Å². The number of thioether (sulfide) groups is 1. The van der Waals surface area contributed by atoms with Gasteiger partial charge in [0.2, 0.25) is 22.9 Å². The highest BCUT2D eigenvalue weighted by Gasteiger charge is 2.35. The van der Waals surface area contributed by atoms with Crippen molar-refractivity contribution in [2.24, 2.45) is 5.92 Å². The summed E-state index contributed by atoms with van der Waals surface area (Å²) < 4.78 is 18.5. The molecule has 13 heteroatoms. The summed E-state index contributed by atoms with van der Waals surface area (Å²) in [4.78, 5) is 38.3. The molecule has 1 fully saturated rings. The standard InChI is InChI=1S/C19H17FN6O4S2/c1-10-6-14(25-30-10)21-15(27)9-31-19-24-23-18(32-19)22-17(29)11-7-16(28)26(8-11)13-4-2-12(20)3-5-13/h2-6,11H,7-9H2,1H3,(H,21,25,27)(H,22,23,29)/t11-/m1/s1. The van der Waals surface area contributed by atoms with Gasteiger partial charge in [0.1, 0.15) is 11.6 Å². The summed E-state index contributed by atoms with van der Waals surface area (Å²) in [6.45, 7) is 1.91. The van der Waals surface area contributed by atoms with Crippen LogP contribution >= 0.6 is 23.1 Å². The van der Waals surface area contributed by atoms with E-state index >= 15 is 0 Å². The van der Waals surface area contributed by atoms with E-state index in [9.17, 15) is 18.8 Å². The van der Waals surface area contributed by atoms with Gasteiger partial charge in [-0.05, 0) is 31.2 Å². The van der Waals surface area contributed by atoms with Crippen LogP contribution in [-0.2, 0) is 14.4 Å². The topological polar surface area (TPSA) is 130 Å². The molecule has 0 unspecified atom stereocenters. The normalized spacial score (nSPS) is 15.8. The van der Waals surface area contributed by atoms with Crippen molar-refractivity contribution in [3.8, 4) is 0 Å². The minimum atomic E-state index is -0.566. The second-order valence-electron chi connectivity index (χ2n) is 6.90. The zero-order valence-electron chi connectivity index (χ0n) is 16.7. The molecule has 3 amide bonds. The third kappa shape index (κ3) is 5.29. The zero-order chi connectivity index (χ0) is 22.7. The average molecular weight is 477 g/mol. The fourth-order valence-corrected chi connectivity index (χ4v) is 4.57. The Morgan fingerprint density at radius 1 is 1.28 bits per heavy atom. The van der Waals surface area contributed by atoms with Crippen LogP contribution in [0.3, 0.4) is 0 Å². The molecule has 3 aromatic rings. The van der Waals surface area contributed by atoms with E-state index in [0.29, 0.717) is 21.6 Å². The van der Waals surface area contributed by atoms with E-state index in [0.717, 1.165) is 23.1 Å². The lowest BCUT2D eigenvalue weighted by molar-refractivity contribution is -0.122. The van der Waals surface area contributed by atoms with Crippen molar-refractivity contribution < 1.29 is 23.3 Å². The largest absolute Gasteiger partial charge is 0.360 e. The van der Waals surface area contributed by atoms with Crippen LogP contribution in [0.4, 0.5) is 21.0 Å². The van der Waals surface area contributed by atoms with Crippen molar-refractivity contribution in [3.05, 3.63) is 41.9 Å². The Bertz CT molecular complexity index is 1150. The number of carbonyl (C=O) groups excluding carboxylic acids is 3. The molecule has 4 rings (SSSR count). The molecule has 3 heterocycles. The number of anilines is 3. The molecule has 1 atom stereocenters. The molecule has 2 aromatic heterocycles. The summed E-state index contributed by atoms with van der Waals surface area (Å²) in [5.41, 5.74) is 0.542. The van der Waals surface area contributed by atoms with Gasteiger partial charge in [0.05, 0.1) is 11.7 Å². The van der Waals surface area contributed by atoms with Crippen molar-refractivity contribution in [2.45, 2.75) is 17.7 Å². The monoisotopic (exact) mass is 476 g/mol. The molecule has 2 N–H and O–H groups in total. The van der Waals surface area contributed by atoms with Crippen LogP contribution in [0.5, 0.6) is 0 Å². The highest BCUT2D eigenvalue weighted by atomic mass is 32.2. The van der Waals surface area contributed by atoms with Crippen molar-refractivity contribution in [2.75, 3.05) is 27.8 Å². The number of hydrogen-bond donors (Lipinski definition) is 2. The molecular weight excluding hydrogens is 459 g/mol. The van der Waals surface area contributed by atoms with Gasteiger partial charge < -0.3 is 20.1 Å². The van der Waals surface area contributed by atoms with Gasteiger partial charge in [0.15, 0.2) is 10.2 Å². The van der Waals surface area contributed by atoms with Crippen LogP contribution in [0.15, 0.2) is 39.2 Å². The number of carbonyl (C=O) groups is 3. The second kappa shape index (κ2) is 9.44. The van der Waals surface area contributed by atoms with Crippen molar-refractivity contribution in [3.63, 3.8) is 0 Å². The van der Waals surface area contributed by atoms with Gasteiger partial charge in [-0.2, -0.15) is 0 Å². The molecule has 0 spiro atoms. The predicted octanol–water partition coefficient (Wildman–Crippen LogP) is 2.70. The third-order valence-corrected chi connectivity index (χ3v) is 6.46. The number of amides is 3. The van der Waals surface area contributed by atoms with Gasteiger partial charge in [-0.15, -0.1) is 10.2 Å². The van der Waals surface area contributed by atoms with E-state index in [2.05, 4.69) is 26.0 Å². The summed E-state index contributed by atoms with van der Waals surface area (Å²) in [5, 5.41) is 17.1. The summed E-state index contributed by atoms with van der Waals surface area (Å²) in [5.74, 6) is -0.808. The number of nitrogens with zero attached hydrogens (tertiary/aromatic N) is 4. The van der Waals surface area contributed by atoms with Crippen molar-refractivity contribution >= 4 is 57.5 Å². The SMILES string of the molecule is Cc1cc(NC(=O)CSc2nnc(NC(=O)[C@@H]3CC(=O)N(c4ccc(F)cc4)C3)s2)no1. The number of nitrogens with one attached hydrogen (secondary N) is 2. The Morgan fingerprint density at radius 3 is 2.78 bits per heavy atom. The zero-order valence-corrected chi connectivity index (χ0v) is 18.3. The first-order valence-electron chi connectivity index (χ1n) is 9.43. The average Bonchev–Trinajstić information content (AvgIpc) is 3.48. The van der Waals surface area contributed by atoms with E-state index in [1.54, 1.807) is 13.0 Å². The number of aryl methyl sites for hydroxylation is 1. The van der Waals surface area contributed by atoms with Gasteiger partial charge in [-0.25, -0.2) is 4.39 Å². The molecule has 0 saturated carbocycles. The van der Waals surface area contributed by atoms with Crippen molar-refractivity contribution in [1.29, 1.82) is 0 Å². The molecule has 1 aromatic carbocycles. The van der Waals surface area contributed by atoms with Crippen LogP contribution in [-0.4, -0.2) is 45.4 Å². The molecule has 1 saturated heterocycles. The molecular formula is C19H17FN6O4S2. The second-order valence-corrected chi connectivity index (χ2v) is 9.10. The summed E-state index contributed by atoms with van der Waals surface area (Å²) in [6, 6.07) is 7.14. The molecule has 10 nitrogen and oxygen atoms in total. The molecule has 32 heavy (non-hydrogen) atoms. The molecule has 0 radical (unpaired) electrons. The highest BCUT2D eigenvalue weighted by molar-refractivity contribution is 8.01. The lowest BCUT2D eigenvalue weighted by atomic mass is 10.1. The smallest absolute Gasteiger partial charge is 0.236 e. The first-order valence-corrected chi connectivity index (χ1v) is 11.2. The van der Waals surface area contributed by atoms with Gasteiger partial charge in [0.25, 0.3) is 0 Å². The lowest BCUT2D eigenvalue weighted by Gasteiger charge is -2.16. The fraction of sp³-hybridized carbons (Fsp3) is 0.263. The van der Waals surface area contributed by atoms with E-state index in [-0.39, 0.29) is 41.6 Å². The fourth-order valence-electron chi connectivity index (χ4n) is 3.01. The number of benzene rings is 1. The number of halogens is 1. The lowest BCUT2D eigenvalue weighted by Crippen LogP contribution is -2.28. The number of hydrogen-bond acceptors (Lipinski definition) is 9. The van der Waals surface area contributed by atoms with E-state index < -0.39 is 11.7 Å². The Kier molecular flexibility index (Phi) is 6.46. The van der Waals surface area contributed by atoms with Crippen LogP contribution in [0.2, 0.25) is 0 Å². The van der Waals surface area contributed by atoms with Gasteiger partial charge in [-0.3, -0.25) is 14.4 Å². The molecule has 0 aliphatic carbocycles. The van der Waals surface area contributed by atoms with Crippen LogP contribution < -0.4 is 15.5 Å². The number of rotatable bonds is 7. The van der Waals surface area contributed by atoms with Crippen molar-refractivity contribution in [1.82, 2.24) is 15.4 Å². The first kappa shape index (κ1) is 21.9. The summed E-state index contributed by atoms with van der Waals surface area (Å²) in [7, 11) is 0. The summed E-state index contributed by atoms with van der Waals surface area (Å²) in [6.07, 6.45) is 0.0469. The van der Waals surface area contributed by atoms with E-state index in [1.807, 2.05) is 0 Å². The quantitative estimate of drug-likeness (QED) is 0.393. The predicted molar refractivity (Wildman–Crippen MR) is 116 cm³/mol. The maximum atomic E-state index is 13.1. The van der Waals surface area contributed by atoms with E-state index in [1.165, 1.54) is 29.2 Å². The van der Waals surface area contributed by atoms with Gasteiger partial charge in [0, 0.05) is 24.7 Å². The van der Waals surface area contributed by atoms with Crippen LogP contribution in [0.25, 0.3) is 0 Å².